The quantitative estimate of drug-likeness (QED) is 0.832. The van der Waals surface area contributed by atoms with Crippen LogP contribution in [0, 0.1) is 0 Å². The largest absolute Gasteiger partial charge is 0.367 e. The zero-order valence-electron chi connectivity index (χ0n) is 11.1. The van der Waals surface area contributed by atoms with Crippen LogP contribution in [0.2, 0.25) is 0 Å². The summed E-state index contributed by atoms with van der Waals surface area (Å²) in [4.78, 5) is 6.34. The molecule has 3 heteroatoms. The molecule has 1 aromatic heterocycles. The maximum absolute atomic E-state index is 4.15. The number of aromatic nitrogens is 1. The molecule has 0 fully saturated rings. The number of halogens is 1. The van der Waals surface area contributed by atoms with E-state index in [9.17, 15) is 0 Å². The van der Waals surface area contributed by atoms with Crippen molar-refractivity contribution in [3.63, 3.8) is 0 Å². The summed E-state index contributed by atoms with van der Waals surface area (Å²) in [6.07, 6.45) is 8.00. The van der Waals surface area contributed by atoms with Gasteiger partial charge < -0.3 is 4.90 Å². The summed E-state index contributed by atoms with van der Waals surface area (Å²) in [6, 6.07) is 12.6. The maximum atomic E-state index is 4.15. The molecule has 2 aromatic rings. The molecule has 0 aliphatic heterocycles. The van der Waals surface area contributed by atoms with Crippen LogP contribution >= 0.6 is 15.9 Å². The number of anilines is 1. The second-order valence-electron chi connectivity index (χ2n) is 4.47. The van der Waals surface area contributed by atoms with E-state index in [1.165, 1.54) is 5.56 Å². The first-order valence-electron chi connectivity index (χ1n) is 6.23. The van der Waals surface area contributed by atoms with Gasteiger partial charge in [-0.3, -0.25) is 4.98 Å². The molecule has 1 unspecified atom stereocenters. The average Bonchev–Trinajstić information content (AvgIpc) is 2.46. The maximum Gasteiger partial charge on any atom is 0.0555 e. The fourth-order valence-corrected chi connectivity index (χ4v) is 2.02. The van der Waals surface area contributed by atoms with E-state index in [0.29, 0.717) is 6.04 Å². The molecule has 0 radical (unpaired) electrons. The summed E-state index contributed by atoms with van der Waals surface area (Å²) in [7, 11) is 2.08. The van der Waals surface area contributed by atoms with E-state index < -0.39 is 0 Å². The fourth-order valence-electron chi connectivity index (χ4n) is 1.75. The lowest BCUT2D eigenvalue weighted by atomic mass is 10.1. The van der Waals surface area contributed by atoms with Gasteiger partial charge in [0.25, 0.3) is 0 Å². The van der Waals surface area contributed by atoms with Crippen molar-refractivity contribution >= 4 is 27.7 Å². The van der Waals surface area contributed by atoms with Crippen molar-refractivity contribution < 1.29 is 0 Å². The molecule has 0 saturated heterocycles. The normalized spacial score (nSPS) is 12.6. The van der Waals surface area contributed by atoms with Crippen LogP contribution in [0.5, 0.6) is 0 Å². The minimum absolute atomic E-state index is 0.313. The molecule has 19 heavy (non-hydrogen) atoms. The lowest BCUT2D eigenvalue weighted by Crippen LogP contribution is -2.26. The topological polar surface area (TPSA) is 16.1 Å². The highest BCUT2D eigenvalue weighted by molar-refractivity contribution is 9.10. The second-order valence-corrected chi connectivity index (χ2v) is 5.39. The van der Waals surface area contributed by atoms with Gasteiger partial charge in [0.05, 0.1) is 11.9 Å². The van der Waals surface area contributed by atoms with E-state index in [1.54, 1.807) is 6.20 Å². The Kier molecular flexibility index (Phi) is 4.74. The summed E-state index contributed by atoms with van der Waals surface area (Å²) in [5.74, 6) is 0. The average molecular weight is 317 g/mol. The molecule has 1 aromatic carbocycles. The molecule has 2 nitrogen and oxygen atoms in total. The molecular formula is C16H17BrN2. The van der Waals surface area contributed by atoms with Crippen LogP contribution in [0.15, 0.2) is 59.3 Å². The molecular weight excluding hydrogens is 300 g/mol. The predicted molar refractivity (Wildman–Crippen MR) is 85.3 cm³/mol. The third-order valence-corrected chi connectivity index (χ3v) is 3.63. The standard InChI is InChI=1S/C16H17BrN2/c1-13(19(2)16-4-3-11-18-12-16)5-6-14-7-9-15(17)10-8-14/h3-13H,1-2H3. The number of hydrogen-bond acceptors (Lipinski definition) is 2. The highest BCUT2D eigenvalue weighted by Gasteiger charge is 2.06. The zero-order chi connectivity index (χ0) is 13.7. The molecule has 0 aliphatic rings. The molecule has 98 valence electrons. The van der Waals surface area contributed by atoms with Crippen molar-refractivity contribution in [1.29, 1.82) is 0 Å². The molecule has 0 bridgehead atoms. The van der Waals surface area contributed by atoms with Crippen LogP contribution in [0.1, 0.15) is 12.5 Å². The monoisotopic (exact) mass is 316 g/mol. The van der Waals surface area contributed by atoms with Gasteiger partial charge in [0.1, 0.15) is 0 Å². The molecule has 0 spiro atoms. The van der Waals surface area contributed by atoms with E-state index >= 15 is 0 Å². The van der Waals surface area contributed by atoms with Gasteiger partial charge in [-0.25, -0.2) is 0 Å². The molecule has 0 N–H and O–H groups in total. The summed E-state index contributed by atoms with van der Waals surface area (Å²) in [5.41, 5.74) is 2.32. The number of hydrogen-bond donors (Lipinski definition) is 0. The number of benzene rings is 1. The van der Waals surface area contributed by atoms with E-state index in [1.807, 2.05) is 12.3 Å². The van der Waals surface area contributed by atoms with Gasteiger partial charge in [0.15, 0.2) is 0 Å². The van der Waals surface area contributed by atoms with E-state index in [0.717, 1.165) is 10.2 Å². The van der Waals surface area contributed by atoms with Crippen LogP contribution in [-0.4, -0.2) is 18.1 Å². The minimum atomic E-state index is 0.313. The SMILES string of the molecule is CC(C=Cc1ccc(Br)cc1)N(C)c1cccnc1. The van der Waals surface area contributed by atoms with Crippen molar-refractivity contribution in [1.82, 2.24) is 4.98 Å². The van der Waals surface area contributed by atoms with Gasteiger partial charge >= 0.3 is 0 Å². The van der Waals surface area contributed by atoms with E-state index in [2.05, 4.69) is 82.3 Å². The highest BCUT2D eigenvalue weighted by Crippen LogP contribution is 2.15. The summed E-state index contributed by atoms with van der Waals surface area (Å²) >= 11 is 3.44. The Morgan fingerprint density at radius 2 is 1.95 bits per heavy atom. The second kappa shape index (κ2) is 6.53. The van der Waals surface area contributed by atoms with Crippen LogP contribution in [0.25, 0.3) is 6.08 Å². The van der Waals surface area contributed by atoms with E-state index in [4.69, 9.17) is 0 Å². The first-order chi connectivity index (χ1) is 9.16. The molecule has 0 amide bonds. The molecule has 2 rings (SSSR count). The van der Waals surface area contributed by atoms with Crippen molar-refractivity contribution in [2.75, 3.05) is 11.9 Å². The third-order valence-electron chi connectivity index (χ3n) is 3.10. The van der Waals surface area contributed by atoms with Gasteiger partial charge in [-0.1, -0.05) is 40.2 Å². The van der Waals surface area contributed by atoms with Gasteiger partial charge in [0, 0.05) is 23.8 Å². The van der Waals surface area contributed by atoms with E-state index in [-0.39, 0.29) is 0 Å². The zero-order valence-corrected chi connectivity index (χ0v) is 12.7. The Labute approximate surface area is 122 Å². The first kappa shape index (κ1) is 13.8. The summed E-state index contributed by atoms with van der Waals surface area (Å²) < 4.78 is 1.10. The lowest BCUT2D eigenvalue weighted by Gasteiger charge is -2.24. The van der Waals surface area contributed by atoms with Crippen LogP contribution in [0.3, 0.4) is 0 Å². The minimum Gasteiger partial charge on any atom is -0.367 e. The smallest absolute Gasteiger partial charge is 0.0555 e. The Morgan fingerprint density at radius 3 is 2.58 bits per heavy atom. The number of pyridine rings is 1. The number of likely N-dealkylation sites (N-methyl/N-ethyl adjacent to an activating group) is 1. The fraction of sp³-hybridized carbons (Fsp3) is 0.188. The third kappa shape index (κ3) is 3.93. The van der Waals surface area contributed by atoms with Gasteiger partial charge in [-0.2, -0.15) is 0 Å². The van der Waals surface area contributed by atoms with Gasteiger partial charge in [-0.05, 0) is 36.8 Å². The van der Waals surface area contributed by atoms with Crippen LogP contribution < -0.4 is 4.90 Å². The Hall–Kier alpha value is -1.61. The highest BCUT2D eigenvalue weighted by atomic mass is 79.9. The van der Waals surface area contributed by atoms with Gasteiger partial charge in [0.2, 0.25) is 0 Å². The summed E-state index contributed by atoms with van der Waals surface area (Å²) in [6.45, 7) is 2.17. The Bertz CT molecular complexity index is 534. The van der Waals surface area contributed by atoms with Crippen LogP contribution in [-0.2, 0) is 0 Å². The molecule has 1 heterocycles. The number of nitrogens with zero attached hydrogens (tertiary/aromatic N) is 2. The molecule has 0 saturated carbocycles. The molecule has 0 aliphatic carbocycles. The Morgan fingerprint density at radius 1 is 1.21 bits per heavy atom. The lowest BCUT2D eigenvalue weighted by molar-refractivity contribution is 0.823. The van der Waals surface area contributed by atoms with Crippen molar-refractivity contribution in [3.8, 4) is 0 Å². The summed E-state index contributed by atoms with van der Waals surface area (Å²) in [5, 5.41) is 0. The van der Waals surface area contributed by atoms with Crippen molar-refractivity contribution in [3.05, 3.63) is 64.9 Å². The number of rotatable bonds is 4. The Balaban J connectivity index is 2.04. The van der Waals surface area contributed by atoms with Crippen molar-refractivity contribution in [2.45, 2.75) is 13.0 Å². The first-order valence-corrected chi connectivity index (χ1v) is 7.03. The van der Waals surface area contributed by atoms with Crippen LogP contribution in [0.4, 0.5) is 5.69 Å². The van der Waals surface area contributed by atoms with Crippen molar-refractivity contribution in [2.24, 2.45) is 0 Å². The van der Waals surface area contributed by atoms with Gasteiger partial charge in [-0.15, -0.1) is 0 Å². The molecule has 1 atom stereocenters. The predicted octanol–water partition coefficient (Wildman–Crippen LogP) is 4.38.